The standard InChI is InChI=1S/C13H18OS/c1-2-3-10-4-5-12(14)8-13(10)11-6-7-15-9-11/h6-7,9-10,13H,2-5,8H2,1H3. The van der Waals surface area contributed by atoms with Crippen LogP contribution >= 0.6 is 11.3 Å². The van der Waals surface area contributed by atoms with Gasteiger partial charge >= 0.3 is 0 Å². The van der Waals surface area contributed by atoms with Crippen molar-refractivity contribution >= 4 is 17.1 Å². The lowest BCUT2D eigenvalue weighted by molar-refractivity contribution is -0.121. The summed E-state index contributed by atoms with van der Waals surface area (Å²) in [6.45, 7) is 2.24. The van der Waals surface area contributed by atoms with E-state index in [0.29, 0.717) is 11.7 Å². The number of carbonyl (C=O) groups is 1. The van der Waals surface area contributed by atoms with E-state index >= 15 is 0 Å². The van der Waals surface area contributed by atoms with Crippen molar-refractivity contribution in [3.63, 3.8) is 0 Å². The maximum absolute atomic E-state index is 11.5. The summed E-state index contributed by atoms with van der Waals surface area (Å²) in [4.78, 5) is 11.5. The molecule has 1 aliphatic carbocycles. The Morgan fingerprint density at radius 2 is 2.40 bits per heavy atom. The van der Waals surface area contributed by atoms with Gasteiger partial charge in [-0.2, -0.15) is 11.3 Å². The first-order valence-corrected chi connectivity index (χ1v) is 6.79. The van der Waals surface area contributed by atoms with Gasteiger partial charge in [0.25, 0.3) is 0 Å². The average molecular weight is 222 g/mol. The molecule has 1 aliphatic rings. The van der Waals surface area contributed by atoms with Crippen LogP contribution in [0.15, 0.2) is 16.8 Å². The summed E-state index contributed by atoms with van der Waals surface area (Å²) in [5.74, 6) is 1.71. The molecule has 0 saturated heterocycles. The smallest absolute Gasteiger partial charge is 0.133 e. The molecule has 2 heteroatoms. The molecule has 0 bridgehead atoms. The molecule has 1 aromatic heterocycles. The molecule has 1 saturated carbocycles. The van der Waals surface area contributed by atoms with Gasteiger partial charge in [-0.15, -0.1) is 0 Å². The molecule has 0 spiro atoms. The summed E-state index contributed by atoms with van der Waals surface area (Å²) in [6.07, 6.45) is 5.20. The average Bonchev–Trinajstić information content (AvgIpc) is 2.74. The second-order valence-electron chi connectivity index (χ2n) is 4.49. The molecular formula is C13H18OS. The third-order valence-corrected chi connectivity index (χ3v) is 4.14. The molecule has 0 N–H and O–H groups in total. The molecule has 1 nitrogen and oxygen atoms in total. The highest BCUT2D eigenvalue weighted by atomic mass is 32.1. The Morgan fingerprint density at radius 1 is 1.53 bits per heavy atom. The topological polar surface area (TPSA) is 17.1 Å². The molecule has 1 fully saturated rings. The number of Topliss-reactive ketones (excluding diaryl/α,β-unsaturated/α-hetero) is 1. The number of rotatable bonds is 3. The second kappa shape index (κ2) is 4.93. The molecule has 1 heterocycles. The number of carbonyl (C=O) groups excluding carboxylic acids is 1. The van der Waals surface area contributed by atoms with E-state index in [2.05, 4.69) is 23.8 Å². The predicted molar refractivity (Wildman–Crippen MR) is 64.3 cm³/mol. The fourth-order valence-corrected chi connectivity index (χ4v) is 3.38. The Morgan fingerprint density at radius 3 is 3.07 bits per heavy atom. The predicted octanol–water partition coefficient (Wildman–Crippen LogP) is 4.00. The zero-order valence-electron chi connectivity index (χ0n) is 9.24. The van der Waals surface area contributed by atoms with E-state index in [1.54, 1.807) is 11.3 Å². The molecular weight excluding hydrogens is 204 g/mol. The third-order valence-electron chi connectivity index (χ3n) is 3.44. The monoisotopic (exact) mass is 222 g/mol. The van der Waals surface area contributed by atoms with Gasteiger partial charge in [-0.1, -0.05) is 19.8 Å². The Balaban J connectivity index is 2.13. The highest BCUT2D eigenvalue weighted by molar-refractivity contribution is 7.07. The first kappa shape index (κ1) is 10.9. The number of ketones is 1. The van der Waals surface area contributed by atoms with Gasteiger partial charge in [0.05, 0.1) is 0 Å². The van der Waals surface area contributed by atoms with Crippen LogP contribution in [-0.2, 0) is 4.79 Å². The van der Waals surface area contributed by atoms with Gasteiger partial charge in [-0.3, -0.25) is 4.79 Å². The second-order valence-corrected chi connectivity index (χ2v) is 5.27. The van der Waals surface area contributed by atoms with Crippen molar-refractivity contribution < 1.29 is 4.79 Å². The highest BCUT2D eigenvalue weighted by Crippen LogP contribution is 2.39. The number of hydrogen-bond donors (Lipinski definition) is 0. The maximum Gasteiger partial charge on any atom is 0.133 e. The van der Waals surface area contributed by atoms with Crippen LogP contribution in [0.3, 0.4) is 0 Å². The van der Waals surface area contributed by atoms with E-state index in [-0.39, 0.29) is 0 Å². The first-order valence-electron chi connectivity index (χ1n) is 5.85. The summed E-state index contributed by atoms with van der Waals surface area (Å²) < 4.78 is 0. The van der Waals surface area contributed by atoms with Gasteiger partial charge in [-0.05, 0) is 40.6 Å². The van der Waals surface area contributed by atoms with Crippen molar-refractivity contribution in [3.8, 4) is 0 Å². The van der Waals surface area contributed by atoms with Crippen LogP contribution < -0.4 is 0 Å². The van der Waals surface area contributed by atoms with Crippen LogP contribution in [0, 0.1) is 5.92 Å². The summed E-state index contributed by atoms with van der Waals surface area (Å²) >= 11 is 1.74. The van der Waals surface area contributed by atoms with E-state index < -0.39 is 0 Å². The van der Waals surface area contributed by atoms with Crippen LogP contribution in [0.2, 0.25) is 0 Å². The van der Waals surface area contributed by atoms with Crippen LogP contribution in [0.25, 0.3) is 0 Å². The minimum Gasteiger partial charge on any atom is -0.300 e. The molecule has 82 valence electrons. The third kappa shape index (κ3) is 2.49. The minimum atomic E-state index is 0.457. The molecule has 0 radical (unpaired) electrons. The summed E-state index contributed by atoms with van der Waals surface area (Å²) in [5, 5.41) is 4.34. The lowest BCUT2D eigenvalue weighted by Gasteiger charge is -2.30. The minimum absolute atomic E-state index is 0.457. The van der Waals surface area contributed by atoms with Gasteiger partial charge in [0.1, 0.15) is 5.78 Å². The van der Waals surface area contributed by atoms with Crippen molar-refractivity contribution in [1.82, 2.24) is 0 Å². The van der Waals surface area contributed by atoms with E-state index in [0.717, 1.165) is 25.2 Å². The fourth-order valence-electron chi connectivity index (χ4n) is 2.65. The quantitative estimate of drug-likeness (QED) is 0.755. The molecule has 1 aromatic rings. The Bertz CT molecular complexity index is 315. The van der Waals surface area contributed by atoms with Crippen molar-refractivity contribution in [3.05, 3.63) is 22.4 Å². The van der Waals surface area contributed by atoms with Crippen LogP contribution in [0.1, 0.15) is 50.5 Å². The first-order chi connectivity index (χ1) is 7.31. The SMILES string of the molecule is CCCC1CCC(=O)CC1c1ccsc1. The Kier molecular flexibility index (Phi) is 3.57. The largest absolute Gasteiger partial charge is 0.300 e. The molecule has 2 rings (SSSR count). The van der Waals surface area contributed by atoms with Crippen LogP contribution in [-0.4, -0.2) is 5.78 Å². The van der Waals surface area contributed by atoms with Gasteiger partial charge in [-0.25, -0.2) is 0 Å². The zero-order valence-corrected chi connectivity index (χ0v) is 10.1. The number of thiophene rings is 1. The van der Waals surface area contributed by atoms with Crippen molar-refractivity contribution in [2.45, 2.75) is 44.9 Å². The van der Waals surface area contributed by atoms with Crippen LogP contribution in [0.5, 0.6) is 0 Å². The van der Waals surface area contributed by atoms with E-state index in [1.807, 2.05) is 0 Å². The Hall–Kier alpha value is -0.630. The molecule has 0 aliphatic heterocycles. The molecule has 15 heavy (non-hydrogen) atoms. The van der Waals surface area contributed by atoms with Gasteiger partial charge in [0.15, 0.2) is 0 Å². The van der Waals surface area contributed by atoms with Crippen LogP contribution in [0.4, 0.5) is 0 Å². The van der Waals surface area contributed by atoms with Crippen molar-refractivity contribution in [2.24, 2.45) is 5.92 Å². The zero-order chi connectivity index (χ0) is 10.7. The Labute approximate surface area is 95.5 Å². The maximum atomic E-state index is 11.5. The fraction of sp³-hybridized carbons (Fsp3) is 0.615. The van der Waals surface area contributed by atoms with E-state index in [1.165, 1.54) is 18.4 Å². The summed E-state index contributed by atoms with van der Waals surface area (Å²) in [6, 6.07) is 2.19. The normalized spacial score (nSPS) is 26.9. The summed E-state index contributed by atoms with van der Waals surface area (Å²) in [5.41, 5.74) is 1.39. The molecule has 0 aromatic carbocycles. The van der Waals surface area contributed by atoms with Gasteiger partial charge in [0.2, 0.25) is 0 Å². The molecule has 2 unspecified atom stereocenters. The number of hydrogen-bond acceptors (Lipinski definition) is 2. The van der Waals surface area contributed by atoms with Gasteiger partial charge in [0, 0.05) is 12.8 Å². The highest BCUT2D eigenvalue weighted by Gasteiger charge is 2.29. The lowest BCUT2D eigenvalue weighted by Crippen LogP contribution is -2.23. The molecule has 2 atom stereocenters. The molecule has 0 amide bonds. The summed E-state index contributed by atoms with van der Waals surface area (Å²) in [7, 11) is 0. The van der Waals surface area contributed by atoms with E-state index in [4.69, 9.17) is 0 Å². The lowest BCUT2D eigenvalue weighted by atomic mass is 9.74. The van der Waals surface area contributed by atoms with Crippen molar-refractivity contribution in [1.29, 1.82) is 0 Å². The van der Waals surface area contributed by atoms with Gasteiger partial charge < -0.3 is 0 Å². The van der Waals surface area contributed by atoms with E-state index in [9.17, 15) is 4.79 Å². The van der Waals surface area contributed by atoms with Crippen molar-refractivity contribution in [2.75, 3.05) is 0 Å².